The normalized spacial score (nSPS) is 11.8. The van der Waals surface area contributed by atoms with E-state index in [9.17, 15) is 0 Å². The molecule has 5 heteroatoms. The highest BCUT2D eigenvalue weighted by Gasteiger charge is 2.18. The van der Waals surface area contributed by atoms with E-state index >= 15 is 0 Å². The maximum Gasteiger partial charge on any atom is 0.249 e. The SMILES string of the molecule is [C-]#[N+]c1c(OC)cc(CC(C)N)c(OC)c1Cl. The van der Waals surface area contributed by atoms with Gasteiger partial charge in [0.05, 0.1) is 25.8 Å². The van der Waals surface area contributed by atoms with Crippen LogP contribution in [0.2, 0.25) is 5.02 Å². The monoisotopic (exact) mass is 254 g/mol. The van der Waals surface area contributed by atoms with Crippen molar-refractivity contribution < 1.29 is 9.47 Å². The minimum absolute atomic E-state index is 0.0246. The number of nitrogens with zero attached hydrogens (tertiary/aromatic N) is 1. The van der Waals surface area contributed by atoms with Gasteiger partial charge in [0.15, 0.2) is 0 Å². The van der Waals surface area contributed by atoms with Gasteiger partial charge in [-0.05, 0) is 25.0 Å². The minimum atomic E-state index is -0.0246. The maximum absolute atomic E-state index is 7.09. The average Bonchev–Trinajstić information content (AvgIpc) is 2.28. The van der Waals surface area contributed by atoms with Gasteiger partial charge in [-0.25, -0.2) is 4.85 Å². The first kappa shape index (κ1) is 13.6. The van der Waals surface area contributed by atoms with Crippen LogP contribution in [0.1, 0.15) is 12.5 Å². The molecule has 0 aromatic heterocycles. The fourth-order valence-corrected chi connectivity index (χ4v) is 1.96. The molecule has 0 bridgehead atoms. The molecule has 0 fully saturated rings. The predicted molar refractivity (Wildman–Crippen MR) is 68.2 cm³/mol. The molecule has 92 valence electrons. The van der Waals surface area contributed by atoms with Crippen LogP contribution in [0.3, 0.4) is 0 Å². The van der Waals surface area contributed by atoms with Crippen LogP contribution in [0, 0.1) is 6.57 Å². The van der Waals surface area contributed by atoms with Crippen LogP contribution in [0.15, 0.2) is 6.07 Å². The van der Waals surface area contributed by atoms with Gasteiger partial charge in [-0.3, -0.25) is 0 Å². The van der Waals surface area contributed by atoms with Crippen molar-refractivity contribution in [3.8, 4) is 11.5 Å². The Labute approximate surface area is 106 Å². The van der Waals surface area contributed by atoms with Crippen LogP contribution >= 0.6 is 11.6 Å². The van der Waals surface area contributed by atoms with Gasteiger partial charge in [0.25, 0.3) is 0 Å². The largest absolute Gasteiger partial charge is 0.508 e. The Morgan fingerprint density at radius 2 is 2.12 bits per heavy atom. The van der Waals surface area contributed by atoms with Gasteiger partial charge in [-0.2, -0.15) is 0 Å². The first-order valence-electron chi connectivity index (χ1n) is 5.11. The molecule has 0 aliphatic heterocycles. The first-order valence-corrected chi connectivity index (χ1v) is 5.49. The Morgan fingerprint density at radius 1 is 1.47 bits per heavy atom. The average molecular weight is 255 g/mol. The van der Waals surface area contributed by atoms with Crippen LogP contribution < -0.4 is 15.2 Å². The zero-order chi connectivity index (χ0) is 13.0. The molecule has 0 radical (unpaired) electrons. The van der Waals surface area contributed by atoms with E-state index in [1.165, 1.54) is 14.2 Å². The molecule has 0 amide bonds. The lowest BCUT2D eigenvalue weighted by atomic mass is 10.1. The van der Waals surface area contributed by atoms with Gasteiger partial charge in [0, 0.05) is 6.04 Å². The number of rotatable bonds is 4. The smallest absolute Gasteiger partial charge is 0.249 e. The molecule has 0 heterocycles. The Morgan fingerprint density at radius 3 is 2.53 bits per heavy atom. The third-order valence-electron chi connectivity index (χ3n) is 2.32. The highest BCUT2D eigenvalue weighted by molar-refractivity contribution is 6.35. The molecule has 2 N–H and O–H groups in total. The highest BCUT2D eigenvalue weighted by atomic mass is 35.5. The number of halogens is 1. The molecule has 1 aromatic carbocycles. The van der Waals surface area contributed by atoms with Crippen molar-refractivity contribution in [3.63, 3.8) is 0 Å². The van der Waals surface area contributed by atoms with Crippen LogP contribution in [-0.2, 0) is 6.42 Å². The molecule has 0 saturated carbocycles. The summed E-state index contributed by atoms with van der Waals surface area (Å²) in [4.78, 5) is 3.35. The van der Waals surface area contributed by atoms with Crippen molar-refractivity contribution in [3.05, 3.63) is 28.1 Å². The van der Waals surface area contributed by atoms with Gasteiger partial charge in [-0.15, -0.1) is 0 Å². The van der Waals surface area contributed by atoms with E-state index in [0.29, 0.717) is 17.9 Å². The van der Waals surface area contributed by atoms with Crippen molar-refractivity contribution >= 4 is 17.3 Å². The lowest BCUT2D eigenvalue weighted by molar-refractivity contribution is 0.400. The summed E-state index contributed by atoms with van der Waals surface area (Å²) < 4.78 is 10.4. The van der Waals surface area contributed by atoms with Crippen molar-refractivity contribution in [1.82, 2.24) is 0 Å². The van der Waals surface area contributed by atoms with Crippen LogP contribution in [0.5, 0.6) is 11.5 Å². The second kappa shape index (κ2) is 5.76. The fraction of sp³-hybridized carbons (Fsp3) is 0.417. The number of nitrogens with two attached hydrogens (primary N) is 1. The maximum atomic E-state index is 7.09. The van der Waals surface area contributed by atoms with Gasteiger partial charge in [-0.1, -0.05) is 11.6 Å². The number of ether oxygens (including phenoxy) is 2. The standard InChI is InChI=1S/C12H15ClN2O2/c1-7(14)5-8-6-9(16-3)11(15-2)10(13)12(8)17-4/h6-7H,5,14H2,1,3-4H3. The van der Waals surface area contributed by atoms with Crippen molar-refractivity contribution in [2.45, 2.75) is 19.4 Å². The first-order chi connectivity index (χ1) is 8.04. The topological polar surface area (TPSA) is 48.8 Å². The zero-order valence-electron chi connectivity index (χ0n) is 10.1. The second-order valence-corrected chi connectivity index (χ2v) is 4.10. The van der Waals surface area contributed by atoms with E-state index in [4.69, 9.17) is 33.4 Å². The second-order valence-electron chi connectivity index (χ2n) is 3.73. The molecule has 0 aliphatic carbocycles. The summed E-state index contributed by atoms with van der Waals surface area (Å²) in [7, 11) is 3.02. The minimum Gasteiger partial charge on any atom is -0.508 e. The van der Waals surface area contributed by atoms with E-state index in [0.717, 1.165) is 5.56 Å². The Kier molecular flexibility index (Phi) is 4.62. The van der Waals surface area contributed by atoms with Crippen molar-refractivity contribution in [2.24, 2.45) is 5.73 Å². The predicted octanol–water partition coefficient (Wildman–Crippen LogP) is 2.80. The van der Waals surface area contributed by atoms with Gasteiger partial charge >= 0.3 is 0 Å². The molecule has 1 atom stereocenters. The molecule has 0 spiro atoms. The summed E-state index contributed by atoms with van der Waals surface area (Å²) in [6, 6.07) is 1.73. The summed E-state index contributed by atoms with van der Waals surface area (Å²) in [5, 5.41) is 0.275. The van der Waals surface area contributed by atoms with Crippen molar-refractivity contribution in [2.75, 3.05) is 14.2 Å². The number of methoxy groups -OCH3 is 2. The Balaban J connectivity index is 3.41. The van der Waals surface area contributed by atoms with E-state index in [2.05, 4.69) is 4.85 Å². The lowest BCUT2D eigenvalue weighted by Gasteiger charge is -2.15. The number of hydrogen-bond acceptors (Lipinski definition) is 3. The number of hydrogen-bond donors (Lipinski definition) is 1. The summed E-state index contributed by atoms with van der Waals surface area (Å²) in [5.74, 6) is 0.942. The highest BCUT2D eigenvalue weighted by Crippen LogP contribution is 2.44. The summed E-state index contributed by atoms with van der Waals surface area (Å²) in [6.45, 7) is 8.98. The molecule has 0 aliphatic rings. The summed E-state index contributed by atoms with van der Waals surface area (Å²) in [5.41, 5.74) is 6.87. The third-order valence-corrected chi connectivity index (χ3v) is 2.67. The van der Waals surface area contributed by atoms with Crippen LogP contribution in [-0.4, -0.2) is 20.3 Å². The Hall–Kier alpha value is -1.44. The third kappa shape index (κ3) is 2.82. The summed E-state index contributed by atoms with van der Waals surface area (Å²) in [6.07, 6.45) is 0.609. The molecule has 4 nitrogen and oxygen atoms in total. The molecular formula is C12H15ClN2O2. The van der Waals surface area contributed by atoms with Gasteiger partial charge in [0.1, 0.15) is 11.5 Å². The quantitative estimate of drug-likeness (QED) is 0.841. The van der Waals surface area contributed by atoms with Crippen LogP contribution in [0.25, 0.3) is 4.85 Å². The fourth-order valence-electron chi connectivity index (χ4n) is 1.63. The van der Waals surface area contributed by atoms with E-state index in [-0.39, 0.29) is 16.8 Å². The van der Waals surface area contributed by atoms with Crippen LogP contribution in [0.4, 0.5) is 5.69 Å². The Bertz CT molecular complexity index is 453. The molecule has 1 rings (SSSR count). The molecule has 17 heavy (non-hydrogen) atoms. The van der Waals surface area contributed by atoms with Gasteiger partial charge < -0.3 is 15.2 Å². The molecule has 1 unspecified atom stereocenters. The van der Waals surface area contributed by atoms with E-state index < -0.39 is 0 Å². The molecule has 1 aromatic rings. The number of benzene rings is 1. The molecular weight excluding hydrogens is 240 g/mol. The summed E-state index contributed by atoms with van der Waals surface area (Å²) >= 11 is 6.12. The lowest BCUT2D eigenvalue weighted by Crippen LogP contribution is -2.18. The molecule has 0 saturated heterocycles. The van der Waals surface area contributed by atoms with Crippen molar-refractivity contribution in [1.29, 1.82) is 0 Å². The zero-order valence-corrected chi connectivity index (χ0v) is 10.8. The van der Waals surface area contributed by atoms with Gasteiger partial charge in [0.2, 0.25) is 5.69 Å². The van der Waals surface area contributed by atoms with E-state index in [1.807, 2.05) is 6.92 Å². The van der Waals surface area contributed by atoms with E-state index in [1.54, 1.807) is 6.07 Å².